The average molecular weight is 386 g/mol. The Bertz CT molecular complexity index is 964. The second-order valence-corrected chi connectivity index (χ2v) is 7.10. The predicted octanol–water partition coefficient (Wildman–Crippen LogP) is 2.31. The van der Waals surface area contributed by atoms with Crippen LogP contribution in [0.15, 0.2) is 29.2 Å². The normalized spacial score (nSPS) is 14.1. The number of halogens is 1. The Balaban J connectivity index is 1.76. The van der Waals surface area contributed by atoms with Gasteiger partial charge in [-0.05, 0) is 44.4 Å². The monoisotopic (exact) mass is 386 g/mol. The molecule has 0 atom stereocenters. The molecule has 2 aromatic rings. The van der Waals surface area contributed by atoms with Crippen molar-refractivity contribution in [2.45, 2.75) is 52.1 Å². The lowest BCUT2D eigenvalue weighted by Crippen LogP contribution is -2.39. The summed E-state index contributed by atoms with van der Waals surface area (Å²) in [5.41, 5.74) is 0.0615. The van der Waals surface area contributed by atoms with Gasteiger partial charge in [-0.25, -0.2) is 9.37 Å². The summed E-state index contributed by atoms with van der Waals surface area (Å²) < 4.78 is 15.0. The number of carbonyl (C=O) groups excluding carboxylic acids is 2. The van der Waals surface area contributed by atoms with Crippen molar-refractivity contribution >= 4 is 17.5 Å². The minimum Gasteiger partial charge on any atom is -0.349 e. The third-order valence-corrected chi connectivity index (χ3v) is 4.88. The first kappa shape index (κ1) is 19.7. The van der Waals surface area contributed by atoms with Crippen molar-refractivity contribution in [3.63, 3.8) is 0 Å². The van der Waals surface area contributed by atoms with E-state index in [0.717, 1.165) is 35.8 Å². The van der Waals surface area contributed by atoms with Gasteiger partial charge in [0.1, 0.15) is 23.7 Å². The van der Waals surface area contributed by atoms with Crippen molar-refractivity contribution in [1.29, 1.82) is 0 Å². The van der Waals surface area contributed by atoms with Crippen LogP contribution in [-0.2, 0) is 11.3 Å². The highest BCUT2D eigenvalue weighted by Crippen LogP contribution is 2.18. The SMILES string of the molecule is Cc1ccc(NC(=O)Cn2c(C)ncc(C(=O)NC3CCCC3)c2=O)c(F)c1. The molecule has 3 rings (SSSR count). The van der Waals surface area contributed by atoms with Gasteiger partial charge in [0.25, 0.3) is 11.5 Å². The fraction of sp³-hybridized carbons (Fsp3) is 0.400. The molecule has 0 aliphatic heterocycles. The molecular formula is C20H23FN4O3. The van der Waals surface area contributed by atoms with Gasteiger partial charge in [0.15, 0.2) is 0 Å². The summed E-state index contributed by atoms with van der Waals surface area (Å²) in [6, 6.07) is 4.50. The maximum absolute atomic E-state index is 13.9. The third-order valence-electron chi connectivity index (χ3n) is 4.88. The Kier molecular flexibility index (Phi) is 5.87. The second-order valence-electron chi connectivity index (χ2n) is 7.10. The Labute approximate surface area is 162 Å². The zero-order valence-corrected chi connectivity index (χ0v) is 15.9. The van der Waals surface area contributed by atoms with Gasteiger partial charge in [-0.15, -0.1) is 0 Å². The van der Waals surface area contributed by atoms with Crippen molar-refractivity contribution < 1.29 is 14.0 Å². The lowest BCUT2D eigenvalue weighted by Gasteiger charge is -2.14. The molecule has 1 heterocycles. The second kappa shape index (κ2) is 8.33. The van der Waals surface area contributed by atoms with E-state index >= 15 is 0 Å². The first-order valence-electron chi connectivity index (χ1n) is 9.28. The molecule has 0 unspecified atom stereocenters. The number of hydrogen-bond acceptors (Lipinski definition) is 4. The van der Waals surface area contributed by atoms with Crippen LogP contribution < -0.4 is 16.2 Å². The van der Waals surface area contributed by atoms with Crippen LogP contribution in [0.4, 0.5) is 10.1 Å². The summed E-state index contributed by atoms with van der Waals surface area (Å²) >= 11 is 0. The van der Waals surface area contributed by atoms with Gasteiger partial charge in [-0.1, -0.05) is 18.9 Å². The van der Waals surface area contributed by atoms with E-state index in [2.05, 4.69) is 15.6 Å². The lowest BCUT2D eigenvalue weighted by atomic mass is 10.2. The van der Waals surface area contributed by atoms with Gasteiger partial charge in [0.2, 0.25) is 5.91 Å². The van der Waals surface area contributed by atoms with Crippen LogP contribution in [0.3, 0.4) is 0 Å². The van der Waals surface area contributed by atoms with Crippen LogP contribution in [0.1, 0.15) is 47.4 Å². The maximum atomic E-state index is 13.9. The molecule has 1 aromatic carbocycles. The van der Waals surface area contributed by atoms with Gasteiger partial charge in [0, 0.05) is 12.2 Å². The molecule has 0 saturated heterocycles. The van der Waals surface area contributed by atoms with Crippen LogP contribution in [0, 0.1) is 19.7 Å². The zero-order valence-electron chi connectivity index (χ0n) is 15.9. The van der Waals surface area contributed by atoms with Crippen molar-refractivity contribution in [2.75, 3.05) is 5.32 Å². The summed E-state index contributed by atoms with van der Waals surface area (Å²) in [7, 11) is 0. The molecule has 1 saturated carbocycles. The van der Waals surface area contributed by atoms with Crippen molar-refractivity contribution in [2.24, 2.45) is 0 Å². The van der Waals surface area contributed by atoms with E-state index in [1.807, 2.05) is 0 Å². The number of benzene rings is 1. The van der Waals surface area contributed by atoms with Crippen LogP contribution in [0.25, 0.3) is 0 Å². The first-order valence-corrected chi connectivity index (χ1v) is 9.28. The summed E-state index contributed by atoms with van der Waals surface area (Å²) in [5.74, 6) is -1.33. The molecule has 0 spiro atoms. The molecule has 2 N–H and O–H groups in total. The standard InChI is InChI=1S/C20H23FN4O3/c1-12-7-8-17(16(21)9-12)24-18(26)11-25-13(2)22-10-15(20(25)28)19(27)23-14-5-3-4-6-14/h7-10,14H,3-6,11H2,1-2H3,(H,23,27)(H,24,26). The van der Waals surface area contributed by atoms with Crippen LogP contribution in [0.5, 0.6) is 0 Å². The molecule has 0 bridgehead atoms. The number of hydrogen-bond donors (Lipinski definition) is 2. The Morgan fingerprint density at radius 1 is 1.25 bits per heavy atom. The van der Waals surface area contributed by atoms with Gasteiger partial charge in [-0.3, -0.25) is 19.0 Å². The average Bonchev–Trinajstić information content (AvgIpc) is 3.14. The quantitative estimate of drug-likeness (QED) is 0.825. The van der Waals surface area contributed by atoms with E-state index in [-0.39, 0.29) is 23.8 Å². The molecule has 148 valence electrons. The van der Waals surface area contributed by atoms with E-state index in [9.17, 15) is 18.8 Å². The molecule has 0 radical (unpaired) electrons. The van der Waals surface area contributed by atoms with E-state index < -0.39 is 23.2 Å². The number of nitrogens with zero attached hydrogens (tertiary/aromatic N) is 2. The molecule has 1 aliphatic rings. The smallest absolute Gasteiger partial charge is 0.266 e. The van der Waals surface area contributed by atoms with Crippen molar-refractivity contribution in [3.8, 4) is 0 Å². The maximum Gasteiger partial charge on any atom is 0.266 e. The number of nitrogens with one attached hydrogen (secondary N) is 2. The third kappa shape index (κ3) is 4.44. The topological polar surface area (TPSA) is 93.1 Å². The Morgan fingerprint density at radius 2 is 1.96 bits per heavy atom. The predicted molar refractivity (Wildman–Crippen MR) is 103 cm³/mol. The van der Waals surface area contributed by atoms with E-state index in [1.165, 1.54) is 18.3 Å². The van der Waals surface area contributed by atoms with Gasteiger partial charge in [-0.2, -0.15) is 0 Å². The van der Waals surface area contributed by atoms with Crippen LogP contribution >= 0.6 is 0 Å². The molecule has 1 aromatic heterocycles. The fourth-order valence-corrected chi connectivity index (χ4v) is 3.31. The Hall–Kier alpha value is -3.03. The molecule has 1 fully saturated rings. The zero-order chi connectivity index (χ0) is 20.3. The lowest BCUT2D eigenvalue weighted by molar-refractivity contribution is -0.116. The molecule has 7 nitrogen and oxygen atoms in total. The van der Waals surface area contributed by atoms with Crippen molar-refractivity contribution in [1.82, 2.24) is 14.9 Å². The number of amides is 2. The summed E-state index contributed by atoms with van der Waals surface area (Å²) in [6.07, 6.45) is 5.12. The summed E-state index contributed by atoms with van der Waals surface area (Å²) in [4.78, 5) is 41.5. The fourth-order valence-electron chi connectivity index (χ4n) is 3.31. The van der Waals surface area contributed by atoms with Crippen molar-refractivity contribution in [3.05, 3.63) is 57.5 Å². The first-order chi connectivity index (χ1) is 13.3. The molecule has 2 amide bonds. The minimum atomic E-state index is -0.595. The van der Waals surface area contributed by atoms with Gasteiger partial charge >= 0.3 is 0 Å². The largest absolute Gasteiger partial charge is 0.349 e. The van der Waals surface area contributed by atoms with Crippen LogP contribution in [0.2, 0.25) is 0 Å². The number of rotatable bonds is 5. The number of anilines is 1. The van der Waals surface area contributed by atoms with E-state index in [4.69, 9.17) is 0 Å². The minimum absolute atomic E-state index is 0.0318. The number of aryl methyl sites for hydroxylation is 2. The van der Waals surface area contributed by atoms with E-state index in [1.54, 1.807) is 19.9 Å². The highest BCUT2D eigenvalue weighted by molar-refractivity contribution is 5.94. The summed E-state index contributed by atoms with van der Waals surface area (Å²) in [5, 5.41) is 5.29. The molecule has 1 aliphatic carbocycles. The number of carbonyl (C=O) groups is 2. The van der Waals surface area contributed by atoms with E-state index in [0.29, 0.717) is 5.82 Å². The molecule has 28 heavy (non-hydrogen) atoms. The molecule has 8 heteroatoms. The Morgan fingerprint density at radius 3 is 2.64 bits per heavy atom. The summed E-state index contributed by atoms with van der Waals surface area (Å²) in [6.45, 7) is 2.95. The highest BCUT2D eigenvalue weighted by atomic mass is 19.1. The van der Waals surface area contributed by atoms with Gasteiger partial charge < -0.3 is 10.6 Å². The molecular weight excluding hydrogens is 363 g/mol. The number of aromatic nitrogens is 2. The highest BCUT2D eigenvalue weighted by Gasteiger charge is 2.21. The van der Waals surface area contributed by atoms with Gasteiger partial charge in [0.05, 0.1) is 5.69 Å². The van der Waals surface area contributed by atoms with Crippen LogP contribution in [-0.4, -0.2) is 27.4 Å².